The predicted octanol–water partition coefficient (Wildman–Crippen LogP) is 2.96. The van der Waals surface area contributed by atoms with Crippen LogP contribution in [0.1, 0.15) is 26.3 Å². The third-order valence-corrected chi connectivity index (χ3v) is 5.17. The molecule has 2 aromatic rings. The number of para-hydroxylation sites is 1. The van der Waals surface area contributed by atoms with Gasteiger partial charge < -0.3 is 10.2 Å². The Morgan fingerprint density at radius 1 is 1.23 bits per heavy atom. The number of imide groups is 1. The standard InChI is InChI=1S/C19H21N3O3S/c1-13(2)22(15-7-5-4-6-8-15)16(23)11-21-17(24)19(3,20-18(21)25)14-9-10-26-12-14/h4-10,12-13H,11H2,1-3H3,(H,20,25). The second-order valence-corrected chi connectivity index (χ2v) is 7.43. The SMILES string of the molecule is CC(C)N(C(=O)CN1C(=O)NC(C)(c2ccsc2)C1=O)c1ccccc1. The molecule has 7 heteroatoms. The molecule has 0 radical (unpaired) electrons. The number of carbonyl (C=O) groups is 3. The zero-order valence-electron chi connectivity index (χ0n) is 14.9. The first-order valence-electron chi connectivity index (χ1n) is 8.38. The van der Waals surface area contributed by atoms with Gasteiger partial charge in [-0.2, -0.15) is 11.3 Å². The normalized spacial score (nSPS) is 19.8. The number of anilines is 1. The summed E-state index contributed by atoms with van der Waals surface area (Å²) in [5.74, 6) is -0.713. The van der Waals surface area contributed by atoms with Gasteiger partial charge in [-0.1, -0.05) is 18.2 Å². The van der Waals surface area contributed by atoms with Crippen molar-refractivity contribution in [3.05, 3.63) is 52.7 Å². The monoisotopic (exact) mass is 371 g/mol. The molecular formula is C19H21N3O3S. The highest BCUT2D eigenvalue weighted by Crippen LogP contribution is 2.30. The lowest BCUT2D eigenvalue weighted by Crippen LogP contribution is -2.46. The Bertz CT molecular complexity index is 820. The molecule has 1 aliphatic rings. The van der Waals surface area contributed by atoms with Gasteiger partial charge in [0.1, 0.15) is 12.1 Å². The number of carbonyl (C=O) groups excluding carboxylic acids is 3. The summed E-state index contributed by atoms with van der Waals surface area (Å²) in [5, 5.41) is 6.40. The van der Waals surface area contributed by atoms with Crippen molar-refractivity contribution in [3.8, 4) is 0 Å². The second kappa shape index (κ2) is 6.92. The van der Waals surface area contributed by atoms with Crippen LogP contribution >= 0.6 is 11.3 Å². The fourth-order valence-electron chi connectivity index (χ4n) is 3.12. The first-order chi connectivity index (χ1) is 12.3. The molecule has 1 unspecified atom stereocenters. The average Bonchev–Trinajstić information content (AvgIpc) is 3.20. The van der Waals surface area contributed by atoms with Crippen molar-refractivity contribution < 1.29 is 14.4 Å². The first-order valence-corrected chi connectivity index (χ1v) is 9.33. The van der Waals surface area contributed by atoms with Crippen LogP contribution in [0.5, 0.6) is 0 Å². The minimum Gasteiger partial charge on any atom is -0.319 e. The molecule has 0 aliphatic carbocycles. The van der Waals surface area contributed by atoms with Gasteiger partial charge in [0, 0.05) is 11.7 Å². The van der Waals surface area contributed by atoms with E-state index in [2.05, 4.69) is 5.32 Å². The van der Waals surface area contributed by atoms with E-state index in [0.717, 1.165) is 16.2 Å². The van der Waals surface area contributed by atoms with Gasteiger partial charge in [-0.05, 0) is 55.3 Å². The van der Waals surface area contributed by atoms with Crippen molar-refractivity contribution >= 4 is 34.9 Å². The summed E-state index contributed by atoms with van der Waals surface area (Å²) in [7, 11) is 0. The fourth-order valence-corrected chi connectivity index (χ4v) is 3.88. The van der Waals surface area contributed by atoms with Crippen LogP contribution in [0.3, 0.4) is 0 Å². The Morgan fingerprint density at radius 3 is 2.50 bits per heavy atom. The van der Waals surface area contributed by atoms with E-state index in [0.29, 0.717) is 0 Å². The zero-order valence-corrected chi connectivity index (χ0v) is 15.7. The Kier molecular flexibility index (Phi) is 4.82. The first kappa shape index (κ1) is 18.1. The molecule has 3 rings (SSSR count). The van der Waals surface area contributed by atoms with Gasteiger partial charge >= 0.3 is 6.03 Å². The Balaban J connectivity index is 1.82. The molecule has 0 spiro atoms. The summed E-state index contributed by atoms with van der Waals surface area (Å²) in [5.41, 5.74) is 0.326. The number of hydrogen-bond donors (Lipinski definition) is 1. The molecule has 1 atom stereocenters. The molecule has 1 fully saturated rings. The Hall–Kier alpha value is -2.67. The number of rotatable bonds is 5. The van der Waals surface area contributed by atoms with Crippen LogP contribution in [0, 0.1) is 0 Å². The summed E-state index contributed by atoms with van der Waals surface area (Å²) < 4.78 is 0. The Morgan fingerprint density at radius 2 is 1.92 bits per heavy atom. The molecule has 1 saturated heterocycles. The van der Waals surface area contributed by atoms with Gasteiger partial charge in [0.05, 0.1) is 0 Å². The molecule has 1 aromatic heterocycles. The predicted molar refractivity (Wildman–Crippen MR) is 101 cm³/mol. The summed E-state index contributed by atoms with van der Waals surface area (Å²) in [6, 6.07) is 10.4. The van der Waals surface area contributed by atoms with E-state index in [-0.39, 0.29) is 18.5 Å². The zero-order chi connectivity index (χ0) is 18.9. The topological polar surface area (TPSA) is 69.7 Å². The third-order valence-electron chi connectivity index (χ3n) is 4.49. The minimum absolute atomic E-state index is 0.103. The van der Waals surface area contributed by atoms with E-state index in [4.69, 9.17) is 0 Å². The summed E-state index contributed by atoms with van der Waals surface area (Å²) in [6.07, 6.45) is 0. The van der Waals surface area contributed by atoms with E-state index in [1.54, 1.807) is 17.9 Å². The van der Waals surface area contributed by atoms with E-state index >= 15 is 0 Å². The molecule has 1 N–H and O–H groups in total. The maximum atomic E-state index is 12.9. The van der Waals surface area contributed by atoms with Gasteiger partial charge in [0.25, 0.3) is 5.91 Å². The second-order valence-electron chi connectivity index (χ2n) is 6.65. The third kappa shape index (κ3) is 3.10. The number of nitrogens with one attached hydrogen (secondary N) is 1. The van der Waals surface area contributed by atoms with Gasteiger partial charge in [-0.25, -0.2) is 4.79 Å². The van der Waals surface area contributed by atoms with Crippen LogP contribution in [0.2, 0.25) is 0 Å². The molecule has 6 nitrogen and oxygen atoms in total. The summed E-state index contributed by atoms with van der Waals surface area (Å²) in [6.45, 7) is 5.16. The van der Waals surface area contributed by atoms with Crippen LogP contribution in [-0.2, 0) is 15.1 Å². The van der Waals surface area contributed by atoms with Crippen LogP contribution in [0.4, 0.5) is 10.5 Å². The van der Waals surface area contributed by atoms with E-state index < -0.39 is 17.5 Å². The molecular weight excluding hydrogens is 350 g/mol. The van der Waals surface area contributed by atoms with Crippen LogP contribution < -0.4 is 10.2 Å². The molecule has 1 aromatic carbocycles. The number of hydrogen-bond acceptors (Lipinski definition) is 4. The van der Waals surface area contributed by atoms with Crippen molar-refractivity contribution in [2.24, 2.45) is 0 Å². The lowest BCUT2D eigenvalue weighted by Gasteiger charge is -2.28. The Labute approximate surface area is 156 Å². The maximum Gasteiger partial charge on any atom is 0.325 e. The summed E-state index contributed by atoms with van der Waals surface area (Å²) in [4.78, 5) is 40.7. The van der Waals surface area contributed by atoms with E-state index in [9.17, 15) is 14.4 Å². The van der Waals surface area contributed by atoms with Crippen LogP contribution in [0.25, 0.3) is 0 Å². The summed E-state index contributed by atoms with van der Waals surface area (Å²) >= 11 is 1.45. The smallest absolute Gasteiger partial charge is 0.319 e. The van der Waals surface area contributed by atoms with Crippen LogP contribution in [0.15, 0.2) is 47.2 Å². The van der Waals surface area contributed by atoms with Gasteiger partial charge in [0.2, 0.25) is 5.91 Å². The van der Waals surface area contributed by atoms with Crippen molar-refractivity contribution in [2.75, 3.05) is 11.4 Å². The van der Waals surface area contributed by atoms with Gasteiger partial charge in [-0.3, -0.25) is 14.5 Å². The average molecular weight is 371 g/mol. The van der Waals surface area contributed by atoms with E-state index in [1.807, 2.05) is 54.9 Å². The molecule has 1 aliphatic heterocycles. The molecule has 136 valence electrons. The number of benzene rings is 1. The molecule has 26 heavy (non-hydrogen) atoms. The van der Waals surface area contributed by atoms with Crippen molar-refractivity contribution in [2.45, 2.75) is 32.4 Å². The largest absolute Gasteiger partial charge is 0.325 e. The molecule has 4 amide bonds. The lowest BCUT2D eigenvalue weighted by molar-refractivity contribution is -0.134. The van der Waals surface area contributed by atoms with Gasteiger partial charge in [0.15, 0.2) is 0 Å². The van der Waals surface area contributed by atoms with Crippen molar-refractivity contribution in [3.63, 3.8) is 0 Å². The van der Waals surface area contributed by atoms with Gasteiger partial charge in [-0.15, -0.1) is 0 Å². The highest BCUT2D eigenvalue weighted by atomic mass is 32.1. The minimum atomic E-state index is -1.13. The fraction of sp³-hybridized carbons (Fsp3) is 0.316. The maximum absolute atomic E-state index is 12.9. The molecule has 0 saturated carbocycles. The lowest BCUT2D eigenvalue weighted by atomic mass is 9.95. The van der Waals surface area contributed by atoms with Crippen molar-refractivity contribution in [1.82, 2.24) is 10.2 Å². The number of nitrogens with zero attached hydrogens (tertiary/aromatic N) is 2. The number of thiophene rings is 1. The highest BCUT2D eigenvalue weighted by Gasteiger charge is 2.50. The molecule has 2 heterocycles. The highest BCUT2D eigenvalue weighted by molar-refractivity contribution is 7.08. The number of amides is 4. The van der Waals surface area contributed by atoms with Crippen LogP contribution in [-0.4, -0.2) is 35.3 Å². The quantitative estimate of drug-likeness (QED) is 0.822. The van der Waals surface area contributed by atoms with Crippen molar-refractivity contribution in [1.29, 1.82) is 0 Å². The van der Waals surface area contributed by atoms with E-state index in [1.165, 1.54) is 11.3 Å². The molecule has 0 bridgehead atoms. The number of urea groups is 1.